The van der Waals surface area contributed by atoms with E-state index < -0.39 is 12.0 Å². The number of amides is 1. The smallest absolute Gasteiger partial charge is 0.326 e. The number of rotatable bonds is 6. The first-order valence-electron chi connectivity index (χ1n) is 5.99. The Balaban J connectivity index is 2.58. The molecule has 1 saturated heterocycles. The lowest BCUT2D eigenvalue weighted by atomic mass is 10.1. The fraction of sp³-hybridized carbons (Fsp3) is 0.583. The summed E-state index contributed by atoms with van der Waals surface area (Å²) in [6.45, 7) is 0.640. The highest BCUT2D eigenvalue weighted by atomic mass is 16.4. The second kappa shape index (κ2) is 6.64. The number of terminal acetylenes is 1. The molecule has 19 heavy (non-hydrogen) atoms. The third-order valence-electron chi connectivity index (χ3n) is 2.99. The van der Waals surface area contributed by atoms with Gasteiger partial charge in [0.1, 0.15) is 6.04 Å². The van der Waals surface area contributed by atoms with Crippen molar-refractivity contribution in [2.45, 2.75) is 25.3 Å². The molecule has 0 bridgehead atoms. The van der Waals surface area contributed by atoms with Gasteiger partial charge in [-0.2, -0.15) is 0 Å². The van der Waals surface area contributed by atoms with Crippen LogP contribution in [0, 0.1) is 18.3 Å². The minimum atomic E-state index is -1.03. The molecule has 1 amide bonds. The molecule has 2 unspecified atom stereocenters. The Labute approximate surface area is 111 Å². The number of nitrogens with two attached hydrogens (primary N) is 2. The van der Waals surface area contributed by atoms with Crippen molar-refractivity contribution in [2.75, 3.05) is 13.1 Å². The van der Waals surface area contributed by atoms with Crippen LogP contribution in [0.2, 0.25) is 0 Å². The Morgan fingerprint density at radius 3 is 2.79 bits per heavy atom. The van der Waals surface area contributed by atoms with Crippen molar-refractivity contribution in [3.8, 4) is 12.3 Å². The lowest BCUT2D eigenvalue weighted by Crippen LogP contribution is -2.42. The number of hydrogen-bond acceptors (Lipinski definition) is 3. The third-order valence-corrected chi connectivity index (χ3v) is 2.99. The molecule has 7 heteroatoms. The predicted octanol–water partition coefficient (Wildman–Crippen LogP) is -1.03. The highest BCUT2D eigenvalue weighted by molar-refractivity contribution is 5.85. The molecule has 0 aromatic heterocycles. The lowest BCUT2D eigenvalue weighted by Gasteiger charge is -2.24. The predicted molar refractivity (Wildman–Crippen MR) is 70.0 cm³/mol. The van der Waals surface area contributed by atoms with E-state index in [9.17, 15) is 14.7 Å². The van der Waals surface area contributed by atoms with Crippen LogP contribution in [0.1, 0.15) is 19.3 Å². The molecule has 2 atom stereocenters. The van der Waals surface area contributed by atoms with Crippen molar-refractivity contribution in [1.29, 1.82) is 0 Å². The number of likely N-dealkylation sites (tertiary alicyclic amines) is 1. The highest BCUT2D eigenvalue weighted by Crippen LogP contribution is 2.21. The largest absolute Gasteiger partial charge is 0.480 e. The maximum atomic E-state index is 11.7. The number of nitrogens with zero attached hydrogens (tertiary/aromatic N) is 2. The average Bonchev–Trinajstić information content (AvgIpc) is 2.69. The van der Waals surface area contributed by atoms with Crippen molar-refractivity contribution < 1.29 is 14.7 Å². The van der Waals surface area contributed by atoms with Gasteiger partial charge in [0.05, 0.1) is 0 Å². The molecule has 0 saturated carbocycles. The van der Waals surface area contributed by atoms with Gasteiger partial charge in [-0.3, -0.25) is 9.79 Å². The number of carbonyl (C=O) groups excluding carboxylic acids is 1. The van der Waals surface area contributed by atoms with Gasteiger partial charge in [-0.25, -0.2) is 4.79 Å². The number of carboxylic acid groups (broad SMARTS) is 1. The molecule has 0 aromatic carbocycles. The summed E-state index contributed by atoms with van der Waals surface area (Å²) in [5.41, 5.74) is 10.3. The van der Waals surface area contributed by atoms with Crippen LogP contribution in [0.5, 0.6) is 0 Å². The summed E-state index contributed by atoms with van der Waals surface area (Å²) in [6, 6.07) is -0.861. The Kier molecular flexibility index (Phi) is 5.18. The Bertz CT molecular complexity index is 423. The van der Waals surface area contributed by atoms with Crippen LogP contribution in [0.15, 0.2) is 4.99 Å². The summed E-state index contributed by atoms with van der Waals surface area (Å²) in [6.07, 6.45) is 6.27. The van der Waals surface area contributed by atoms with Crippen LogP contribution in [-0.4, -0.2) is 47.0 Å². The normalized spacial score (nSPS) is 19.8. The first kappa shape index (κ1) is 14.8. The minimum absolute atomic E-state index is 0.0310. The summed E-state index contributed by atoms with van der Waals surface area (Å²) in [5, 5.41) is 9.19. The summed E-state index contributed by atoms with van der Waals surface area (Å²) in [7, 11) is 0. The van der Waals surface area contributed by atoms with E-state index in [-0.39, 0.29) is 24.2 Å². The number of carbonyl (C=O) groups is 2. The third kappa shape index (κ3) is 4.17. The van der Waals surface area contributed by atoms with Crippen molar-refractivity contribution >= 4 is 17.8 Å². The summed E-state index contributed by atoms with van der Waals surface area (Å²) in [4.78, 5) is 28.1. The topological polar surface area (TPSA) is 122 Å². The van der Waals surface area contributed by atoms with E-state index in [1.165, 1.54) is 4.90 Å². The van der Waals surface area contributed by atoms with Crippen LogP contribution in [0.3, 0.4) is 0 Å². The molecule has 1 heterocycles. The number of hydrogen-bond donors (Lipinski definition) is 3. The average molecular weight is 266 g/mol. The number of aliphatic carboxylic acids is 1. The first-order chi connectivity index (χ1) is 8.95. The number of guanidine groups is 1. The van der Waals surface area contributed by atoms with Gasteiger partial charge in [0, 0.05) is 25.4 Å². The van der Waals surface area contributed by atoms with Gasteiger partial charge in [-0.05, 0) is 12.8 Å². The number of aliphatic imine (C=N–C) groups is 1. The van der Waals surface area contributed by atoms with Crippen LogP contribution < -0.4 is 11.5 Å². The fourth-order valence-electron chi connectivity index (χ4n) is 2.05. The van der Waals surface area contributed by atoms with E-state index in [0.29, 0.717) is 25.9 Å². The fourth-order valence-corrected chi connectivity index (χ4v) is 2.05. The van der Waals surface area contributed by atoms with E-state index in [0.717, 1.165) is 0 Å². The Hall–Kier alpha value is -2.23. The van der Waals surface area contributed by atoms with E-state index in [4.69, 9.17) is 17.9 Å². The Morgan fingerprint density at radius 2 is 2.32 bits per heavy atom. The van der Waals surface area contributed by atoms with E-state index >= 15 is 0 Å². The maximum Gasteiger partial charge on any atom is 0.326 e. The van der Waals surface area contributed by atoms with Gasteiger partial charge >= 0.3 is 5.97 Å². The molecule has 5 N–H and O–H groups in total. The molecule has 0 aliphatic carbocycles. The summed E-state index contributed by atoms with van der Waals surface area (Å²) in [5.74, 6) is 1.01. The molecule has 1 aliphatic rings. The van der Waals surface area contributed by atoms with Gasteiger partial charge in [-0.1, -0.05) is 0 Å². The summed E-state index contributed by atoms with van der Waals surface area (Å²) >= 11 is 0. The van der Waals surface area contributed by atoms with Gasteiger partial charge < -0.3 is 21.5 Å². The zero-order valence-electron chi connectivity index (χ0n) is 10.6. The quantitative estimate of drug-likeness (QED) is 0.246. The zero-order valence-corrected chi connectivity index (χ0v) is 10.6. The molecule has 0 aromatic rings. The standard InChI is InChI=1S/C12H18N4O3/c1-2-8-6-10(17)16(7-8)9(11(18)19)4-3-5-15-12(13)14/h1,8-9H,3-7H2,(H,18,19)(H4,13,14,15). The lowest BCUT2D eigenvalue weighted by molar-refractivity contribution is -0.148. The summed E-state index contributed by atoms with van der Waals surface area (Å²) < 4.78 is 0. The van der Waals surface area contributed by atoms with E-state index in [1.807, 2.05) is 0 Å². The Morgan fingerprint density at radius 1 is 1.63 bits per heavy atom. The molecular formula is C12H18N4O3. The zero-order chi connectivity index (χ0) is 14.4. The number of carboxylic acids is 1. The molecule has 1 fully saturated rings. The highest BCUT2D eigenvalue weighted by Gasteiger charge is 2.36. The molecule has 1 rings (SSSR count). The molecule has 1 aliphatic heterocycles. The van der Waals surface area contributed by atoms with Gasteiger partial charge in [0.25, 0.3) is 0 Å². The second-order valence-electron chi connectivity index (χ2n) is 4.42. The molecule has 104 valence electrons. The van der Waals surface area contributed by atoms with E-state index in [2.05, 4.69) is 10.9 Å². The SMILES string of the molecule is C#CC1CC(=O)N(C(CCCN=C(N)N)C(=O)O)C1. The van der Waals surface area contributed by atoms with Crippen molar-refractivity contribution in [3.05, 3.63) is 0 Å². The molecule has 7 nitrogen and oxygen atoms in total. The molecular weight excluding hydrogens is 248 g/mol. The molecule has 0 radical (unpaired) electrons. The first-order valence-corrected chi connectivity index (χ1v) is 5.99. The van der Waals surface area contributed by atoms with Gasteiger partial charge in [-0.15, -0.1) is 12.3 Å². The monoisotopic (exact) mass is 266 g/mol. The maximum absolute atomic E-state index is 11.7. The van der Waals surface area contributed by atoms with Gasteiger partial charge in [0.2, 0.25) is 5.91 Å². The van der Waals surface area contributed by atoms with E-state index in [1.54, 1.807) is 0 Å². The second-order valence-corrected chi connectivity index (χ2v) is 4.42. The van der Waals surface area contributed by atoms with Gasteiger partial charge in [0.15, 0.2) is 5.96 Å². The van der Waals surface area contributed by atoms with Crippen LogP contribution in [0.25, 0.3) is 0 Å². The molecule has 0 spiro atoms. The van der Waals surface area contributed by atoms with Crippen molar-refractivity contribution in [3.63, 3.8) is 0 Å². The van der Waals surface area contributed by atoms with Crippen LogP contribution in [0.4, 0.5) is 0 Å². The minimum Gasteiger partial charge on any atom is -0.480 e. The van der Waals surface area contributed by atoms with Crippen molar-refractivity contribution in [2.24, 2.45) is 22.4 Å². The van der Waals surface area contributed by atoms with Crippen LogP contribution >= 0.6 is 0 Å². The van der Waals surface area contributed by atoms with Crippen LogP contribution in [-0.2, 0) is 9.59 Å². The van der Waals surface area contributed by atoms with Crippen molar-refractivity contribution in [1.82, 2.24) is 4.90 Å².